The number of hydrogen-bond donors (Lipinski definition) is 1. The Morgan fingerprint density at radius 2 is 2.24 bits per heavy atom. The van der Waals surface area contributed by atoms with Crippen molar-refractivity contribution in [1.82, 2.24) is 5.32 Å². The molecule has 3 nitrogen and oxygen atoms in total. The number of fused-ring (bicyclic) bond motifs is 3. The molecular formula is C13H15ClN2O. The van der Waals surface area contributed by atoms with E-state index in [4.69, 9.17) is 11.6 Å². The summed E-state index contributed by atoms with van der Waals surface area (Å²) in [6.45, 7) is 4.88. The first-order valence-corrected chi connectivity index (χ1v) is 6.31. The highest BCUT2D eigenvalue weighted by Crippen LogP contribution is 2.40. The maximum atomic E-state index is 11.9. The lowest BCUT2D eigenvalue weighted by molar-refractivity contribution is -0.123. The second kappa shape index (κ2) is 3.64. The van der Waals surface area contributed by atoms with Crippen LogP contribution in [0.3, 0.4) is 0 Å². The molecule has 4 heteroatoms. The molecule has 1 aromatic rings. The van der Waals surface area contributed by atoms with Crippen molar-refractivity contribution in [2.45, 2.75) is 32.4 Å². The number of benzene rings is 1. The summed E-state index contributed by atoms with van der Waals surface area (Å²) in [5.41, 5.74) is 3.50. The van der Waals surface area contributed by atoms with Gasteiger partial charge in [0.1, 0.15) is 6.04 Å². The smallest absolute Gasteiger partial charge is 0.243 e. The Bertz CT molecular complexity index is 500. The number of rotatable bonds is 0. The normalized spacial score (nSPS) is 26.5. The minimum Gasteiger partial charge on any atom is -0.354 e. The molecule has 0 spiro atoms. The minimum atomic E-state index is -0.0501. The highest BCUT2D eigenvalue weighted by atomic mass is 35.5. The number of nitrogens with one attached hydrogen (secondary N) is 1. The Kier molecular flexibility index (Phi) is 2.33. The molecular weight excluding hydrogens is 236 g/mol. The second-order valence-electron chi connectivity index (χ2n) is 4.90. The second-order valence-corrected chi connectivity index (χ2v) is 5.31. The lowest BCUT2D eigenvalue weighted by Crippen LogP contribution is -2.58. The number of nitrogens with zero attached hydrogens (tertiary/aromatic N) is 1. The Morgan fingerprint density at radius 3 is 3.00 bits per heavy atom. The number of halogens is 1. The molecule has 2 heterocycles. The molecule has 0 saturated carbocycles. The molecule has 17 heavy (non-hydrogen) atoms. The van der Waals surface area contributed by atoms with E-state index in [0.29, 0.717) is 12.6 Å². The van der Waals surface area contributed by atoms with Crippen molar-refractivity contribution < 1.29 is 4.79 Å². The van der Waals surface area contributed by atoms with Gasteiger partial charge in [-0.05, 0) is 31.0 Å². The van der Waals surface area contributed by atoms with E-state index in [0.717, 1.165) is 17.0 Å². The van der Waals surface area contributed by atoms with Crippen molar-refractivity contribution in [2.24, 2.45) is 0 Å². The van der Waals surface area contributed by atoms with Crippen LogP contribution in [0.15, 0.2) is 12.1 Å². The van der Waals surface area contributed by atoms with Gasteiger partial charge in [0.25, 0.3) is 0 Å². The SMILES string of the molecule is Cc1c(Cl)ccc2c1N1C(C)CNC(=O)[C@@H]1C2. The summed E-state index contributed by atoms with van der Waals surface area (Å²) in [5, 5.41) is 3.74. The van der Waals surface area contributed by atoms with E-state index in [1.165, 1.54) is 11.3 Å². The highest BCUT2D eigenvalue weighted by Gasteiger charge is 2.41. The Hall–Kier alpha value is -1.22. The molecule has 1 amide bonds. The Morgan fingerprint density at radius 1 is 1.47 bits per heavy atom. The van der Waals surface area contributed by atoms with Gasteiger partial charge >= 0.3 is 0 Å². The maximum Gasteiger partial charge on any atom is 0.243 e. The van der Waals surface area contributed by atoms with Gasteiger partial charge < -0.3 is 10.2 Å². The van der Waals surface area contributed by atoms with E-state index >= 15 is 0 Å². The van der Waals surface area contributed by atoms with Crippen LogP contribution >= 0.6 is 11.6 Å². The van der Waals surface area contributed by atoms with Crippen LogP contribution in [0, 0.1) is 6.92 Å². The van der Waals surface area contributed by atoms with E-state index < -0.39 is 0 Å². The van der Waals surface area contributed by atoms with Gasteiger partial charge in [0.15, 0.2) is 0 Å². The van der Waals surface area contributed by atoms with Crippen LogP contribution in [0.25, 0.3) is 0 Å². The van der Waals surface area contributed by atoms with E-state index in [2.05, 4.69) is 17.1 Å². The Labute approximate surface area is 106 Å². The van der Waals surface area contributed by atoms with Gasteiger partial charge in [0.05, 0.1) is 0 Å². The van der Waals surface area contributed by atoms with Crippen molar-refractivity contribution in [3.63, 3.8) is 0 Å². The minimum absolute atomic E-state index is 0.0501. The first kappa shape index (κ1) is 10.9. The van der Waals surface area contributed by atoms with Crippen LogP contribution < -0.4 is 10.2 Å². The predicted octanol–water partition coefficient (Wildman–Crippen LogP) is 1.90. The van der Waals surface area contributed by atoms with Gasteiger partial charge in [0.2, 0.25) is 5.91 Å². The summed E-state index contributed by atoms with van der Waals surface area (Å²) in [6.07, 6.45) is 0.795. The first-order valence-electron chi connectivity index (χ1n) is 5.93. The monoisotopic (exact) mass is 250 g/mol. The van der Waals surface area contributed by atoms with Crippen molar-refractivity contribution >= 4 is 23.2 Å². The average molecular weight is 251 g/mol. The number of carbonyl (C=O) groups excluding carboxylic acids is 1. The molecule has 1 unspecified atom stereocenters. The van der Waals surface area contributed by atoms with Crippen molar-refractivity contribution in [3.05, 3.63) is 28.3 Å². The fourth-order valence-electron chi connectivity index (χ4n) is 2.93. The van der Waals surface area contributed by atoms with Crippen LogP contribution in [-0.4, -0.2) is 24.5 Å². The van der Waals surface area contributed by atoms with Crippen LogP contribution in [0.5, 0.6) is 0 Å². The molecule has 0 radical (unpaired) electrons. The third kappa shape index (κ3) is 1.45. The van der Waals surface area contributed by atoms with E-state index in [1.54, 1.807) is 0 Å². The number of carbonyl (C=O) groups is 1. The van der Waals surface area contributed by atoms with E-state index in [-0.39, 0.29) is 11.9 Å². The lowest BCUT2D eigenvalue weighted by Gasteiger charge is -2.38. The van der Waals surface area contributed by atoms with Crippen molar-refractivity contribution in [1.29, 1.82) is 0 Å². The van der Waals surface area contributed by atoms with Crippen molar-refractivity contribution in [3.8, 4) is 0 Å². The molecule has 0 bridgehead atoms. The van der Waals surface area contributed by atoms with Gasteiger partial charge in [-0.2, -0.15) is 0 Å². The molecule has 1 aromatic carbocycles. The van der Waals surface area contributed by atoms with Gasteiger partial charge in [0, 0.05) is 29.7 Å². The van der Waals surface area contributed by atoms with Crippen LogP contribution in [0.1, 0.15) is 18.1 Å². The van der Waals surface area contributed by atoms with E-state index in [1.807, 2.05) is 19.1 Å². The summed E-state index contributed by atoms with van der Waals surface area (Å²) in [6, 6.07) is 4.25. The summed E-state index contributed by atoms with van der Waals surface area (Å²) in [7, 11) is 0. The van der Waals surface area contributed by atoms with Crippen LogP contribution in [0.4, 0.5) is 5.69 Å². The lowest BCUT2D eigenvalue weighted by atomic mass is 10.1. The molecule has 2 aliphatic rings. The molecule has 90 valence electrons. The van der Waals surface area contributed by atoms with Gasteiger partial charge in [-0.3, -0.25) is 4.79 Å². The first-order chi connectivity index (χ1) is 8.09. The van der Waals surface area contributed by atoms with Crippen LogP contribution in [-0.2, 0) is 11.2 Å². The highest BCUT2D eigenvalue weighted by molar-refractivity contribution is 6.31. The number of piperazine rings is 1. The molecule has 0 aliphatic carbocycles. The largest absolute Gasteiger partial charge is 0.354 e. The zero-order valence-corrected chi connectivity index (χ0v) is 10.7. The molecule has 0 aromatic heterocycles. The third-order valence-electron chi connectivity index (χ3n) is 3.80. The zero-order valence-electron chi connectivity index (χ0n) is 9.96. The zero-order chi connectivity index (χ0) is 12.2. The summed E-state index contributed by atoms with van der Waals surface area (Å²) >= 11 is 6.18. The summed E-state index contributed by atoms with van der Waals surface area (Å²) in [5.74, 6) is 0.134. The number of hydrogen-bond acceptors (Lipinski definition) is 2. The topological polar surface area (TPSA) is 32.3 Å². The standard InChI is InChI=1S/C13H15ClN2O/c1-7-6-15-13(17)11-5-9-3-4-10(14)8(2)12(9)16(7)11/h3-4,7,11H,5-6H2,1-2H3,(H,15,17)/t7?,11-/m0/s1. The fourth-order valence-corrected chi connectivity index (χ4v) is 3.08. The van der Waals surface area contributed by atoms with Gasteiger partial charge in [-0.25, -0.2) is 0 Å². The number of anilines is 1. The maximum absolute atomic E-state index is 11.9. The molecule has 3 rings (SSSR count). The van der Waals surface area contributed by atoms with Gasteiger partial charge in [-0.1, -0.05) is 17.7 Å². The Balaban J connectivity index is 2.14. The fraction of sp³-hybridized carbons (Fsp3) is 0.462. The predicted molar refractivity (Wildman–Crippen MR) is 68.6 cm³/mol. The molecule has 1 fully saturated rings. The molecule has 1 N–H and O–H groups in total. The summed E-state index contributed by atoms with van der Waals surface area (Å²) < 4.78 is 0. The van der Waals surface area contributed by atoms with Gasteiger partial charge in [-0.15, -0.1) is 0 Å². The molecule has 1 saturated heterocycles. The van der Waals surface area contributed by atoms with Crippen molar-refractivity contribution in [2.75, 3.05) is 11.4 Å². The number of amides is 1. The van der Waals surface area contributed by atoms with Crippen LogP contribution in [0.2, 0.25) is 5.02 Å². The molecule has 2 atom stereocenters. The third-order valence-corrected chi connectivity index (χ3v) is 4.21. The van der Waals surface area contributed by atoms with E-state index in [9.17, 15) is 4.79 Å². The quantitative estimate of drug-likeness (QED) is 0.763. The molecule has 2 aliphatic heterocycles. The summed E-state index contributed by atoms with van der Waals surface area (Å²) in [4.78, 5) is 14.1. The average Bonchev–Trinajstić information content (AvgIpc) is 2.70.